The van der Waals surface area contributed by atoms with Crippen molar-refractivity contribution in [2.75, 3.05) is 0 Å². The molecule has 0 spiro atoms. The number of nitrogens with two attached hydrogens (primary N) is 1. The van der Waals surface area contributed by atoms with Gasteiger partial charge in [0.1, 0.15) is 0 Å². The Kier molecular flexibility index (Phi) is 4.87. The Morgan fingerprint density at radius 2 is 1.77 bits per heavy atom. The summed E-state index contributed by atoms with van der Waals surface area (Å²) in [5.74, 6) is 0. The Bertz CT molecular complexity index is 729. The summed E-state index contributed by atoms with van der Waals surface area (Å²) in [7, 11) is 0. The van der Waals surface area contributed by atoms with Gasteiger partial charge < -0.3 is 10.3 Å². The number of rotatable bonds is 4. The number of hydrogen-bond donors (Lipinski definition) is 1. The zero-order chi connectivity index (χ0) is 16.4. The number of benzene rings is 1. The van der Waals surface area contributed by atoms with Gasteiger partial charge in [-0.3, -0.25) is 4.79 Å². The minimum absolute atomic E-state index is 0.0279. The Morgan fingerprint density at radius 3 is 2.32 bits per heavy atom. The molecule has 1 aromatic carbocycles. The molecule has 2 N–H and O–H groups in total. The van der Waals surface area contributed by atoms with E-state index in [1.807, 2.05) is 23.6 Å². The van der Waals surface area contributed by atoms with E-state index in [1.165, 1.54) is 11.1 Å². The molecule has 0 aliphatic heterocycles. The predicted molar refractivity (Wildman–Crippen MR) is 93.2 cm³/mol. The normalized spacial score (nSPS) is 13.9. The number of hydrogen-bond acceptors (Lipinski definition) is 2. The summed E-state index contributed by atoms with van der Waals surface area (Å²) < 4.78 is 1.89. The van der Waals surface area contributed by atoms with Crippen LogP contribution in [0.5, 0.6) is 0 Å². The fraction of sp³-hybridized carbons (Fsp3) is 0.421. The molecule has 0 radical (unpaired) electrons. The molecule has 2 unspecified atom stereocenters. The first kappa shape index (κ1) is 16.5. The van der Waals surface area contributed by atoms with E-state index in [4.69, 9.17) is 5.73 Å². The molecule has 3 nitrogen and oxygen atoms in total. The lowest BCUT2D eigenvalue weighted by Crippen LogP contribution is -2.30. The zero-order valence-electron chi connectivity index (χ0n) is 14.2. The van der Waals surface area contributed by atoms with Crippen LogP contribution in [-0.2, 0) is 0 Å². The summed E-state index contributed by atoms with van der Waals surface area (Å²) in [6, 6.07) is 10.1. The van der Waals surface area contributed by atoms with E-state index in [0.29, 0.717) is 5.56 Å². The van der Waals surface area contributed by atoms with Gasteiger partial charge in [0.15, 0.2) is 0 Å². The first-order valence-corrected chi connectivity index (χ1v) is 7.95. The van der Waals surface area contributed by atoms with Crippen LogP contribution < -0.4 is 11.3 Å². The van der Waals surface area contributed by atoms with Gasteiger partial charge in [-0.1, -0.05) is 19.1 Å². The van der Waals surface area contributed by atoms with Crippen LogP contribution in [0.3, 0.4) is 0 Å². The minimum atomic E-state index is -0.253. The summed E-state index contributed by atoms with van der Waals surface area (Å²) >= 11 is 0. The second-order valence-electron chi connectivity index (χ2n) is 6.19. The topological polar surface area (TPSA) is 48.0 Å². The molecular weight excluding hydrogens is 272 g/mol. The number of aromatic nitrogens is 1. The molecule has 2 aromatic rings. The van der Waals surface area contributed by atoms with E-state index in [1.54, 1.807) is 0 Å². The maximum atomic E-state index is 12.8. The molecule has 2 atom stereocenters. The lowest BCUT2D eigenvalue weighted by molar-refractivity contribution is 0.513. The molecule has 0 saturated carbocycles. The number of aryl methyl sites for hydroxylation is 2. The predicted octanol–water partition coefficient (Wildman–Crippen LogP) is 4.12. The van der Waals surface area contributed by atoms with Gasteiger partial charge in [0.05, 0.1) is 5.69 Å². The Morgan fingerprint density at radius 1 is 1.09 bits per heavy atom. The van der Waals surface area contributed by atoms with Gasteiger partial charge in [0, 0.05) is 17.6 Å². The molecule has 0 aliphatic carbocycles. The first-order chi connectivity index (χ1) is 10.4. The summed E-state index contributed by atoms with van der Waals surface area (Å²) in [5, 5.41) is 0. The van der Waals surface area contributed by atoms with Gasteiger partial charge in [0.25, 0.3) is 5.56 Å². The lowest BCUT2D eigenvalue weighted by atomic mass is 10.0. The van der Waals surface area contributed by atoms with Crippen molar-refractivity contribution < 1.29 is 0 Å². The monoisotopic (exact) mass is 298 g/mol. The van der Waals surface area contributed by atoms with Crippen LogP contribution in [0.25, 0.3) is 11.3 Å². The van der Waals surface area contributed by atoms with Gasteiger partial charge in [0.2, 0.25) is 0 Å². The van der Waals surface area contributed by atoms with Gasteiger partial charge in [-0.05, 0) is 69.0 Å². The Balaban J connectivity index is 2.72. The molecule has 0 saturated heterocycles. The van der Waals surface area contributed by atoms with Gasteiger partial charge >= 0.3 is 0 Å². The average Bonchev–Trinajstić information content (AvgIpc) is 2.48. The van der Waals surface area contributed by atoms with E-state index in [0.717, 1.165) is 17.7 Å². The maximum absolute atomic E-state index is 12.8. The smallest absolute Gasteiger partial charge is 0.256 e. The Hall–Kier alpha value is -1.87. The molecule has 22 heavy (non-hydrogen) atoms. The minimum Gasteiger partial charge on any atom is -0.324 e. The second-order valence-corrected chi connectivity index (χ2v) is 6.19. The lowest BCUT2D eigenvalue weighted by Gasteiger charge is -2.21. The van der Waals surface area contributed by atoms with Crippen LogP contribution >= 0.6 is 0 Å². The molecule has 0 aliphatic rings. The van der Waals surface area contributed by atoms with E-state index in [-0.39, 0.29) is 17.6 Å². The van der Waals surface area contributed by atoms with E-state index in [9.17, 15) is 4.79 Å². The van der Waals surface area contributed by atoms with E-state index < -0.39 is 0 Å². The summed E-state index contributed by atoms with van der Waals surface area (Å²) in [6.45, 7) is 10.2. The van der Waals surface area contributed by atoms with Crippen molar-refractivity contribution in [3.05, 3.63) is 57.4 Å². The Labute approximate surface area is 132 Å². The fourth-order valence-corrected chi connectivity index (χ4v) is 2.67. The van der Waals surface area contributed by atoms with Crippen molar-refractivity contribution in [2.45, 2.75) is 53.1 Å². The maximum Gasteiger partial charge on any atom is 0.256 e. The molecule has 1 aromatic heterocycles. The molecule has 0 amide bonds. The van der Waals surface area contributed by atoms with Crippen LogP contribution in [0.15, 0.2) is 35.1 Å². The van der Waals surface area contributed by atoms with Crippen molar-refractivity contribution >= 4 is 0 Å². The number of pyridine rings is 1. The van der Waals surface area contributed by atoms with Gasteiger partial charge in [-0.25, -0.2) is 0 Å². The molecule has 1 heterocycles. The third-order valence-corrected chi connectivity index (χ3v) is 4.47. The highest BCUT2D eigenvalue weighted by atomic mass is 16.1. The molecule has 3 heteroatoms. The summed E-state index contributed by atoms with van der Waals surface area (Å²) in [6.07, 6.45) is 0.903. The van der Waals surface area contributed by atoms with Crippen LogP contribution in [0.4, 0.5) is 0 Å². The second kappa shape index (κ2) is 6.49. The first-order valence-electron chi connectivity index (χ1n) is 7.95. The van der Waals surface area contributed by atoms with Crippen LogP contribution in [-0.4, -0.2) is 4.57 Å². The van der Waals surface area contributed by atoms with Crippen molar-refractivity contribution in [2.24, 2.45) is 5.73 Å². The highest BCUT2D eigenvalue weighted by Crippen LogP contribution is 2.25. The molecular formula is C19H26N2O. The zero-order valence-corrected chi connectivity index (χ0v) is 14.2. The third kappa shape index (κ3) is 3.00. The van der Waals surface area contributed by atoms with E-state index in [2.05, 4.69) is 45.9 Å². The van der Waals surface area contributed by atoms with Crippen LogP contribution in [0, 0.1) is 13.8 Å². The molecule has 2 rings (SSSR count). The van der Waals surface area contributed by atoms with Crippen LogP contribution in [0.1, 0.15) is 56.0 Å². The fourth-order valence-electron chi connectivity index (χ4n) is 2.67. The van der Waals surface area contributed by atoms with Gasteiger partial charge in [-0.15, -0.1) is 0 Å². The SMILES string of the molecule is CCC(C)n1c(-c2ccc(C)c(C)c2)ccc(C(C)N)c1=O. The van der Waals surface area contributed by atoms with Crippen molar-refractivity contribution in [3.63, 3.8) is 0 Å². The molecule has 0 bridgehead atoms. The van der Waals surface area contributed by atoms with Crippen molar-refractivity contribution in [3.8, 4) is 11.3 Å². The summed E-state index contributed by atoms with van der Waals surface area (Å²) in [4.78, 5) is 12.8. The van der Waals surface area contributed by atoms with E-state index >= 15 is 0 Å². The van der Waals surface area contributed by atoms with Crippen LogP contribution in [0.2, 0.25) is 0 Å². The highest BCUT2D eigenvalue weighted by Gasteiger charge is 2.16. The quantitative estimate of drug-likeness (QED) is 0.923. The summed E-state index contributed by atoms with van der Waals surface area (Å²) in [5.41, 5.74) is 11.2. The van der Waals surface area contributed by atoms with Gasteiger partial charge in [-0.2, -0.15) is 0 Å². The standard InChI is InChI=1S/C19H26N2O/c1-6-14(4)21-18(10-9-17(15(5)20)19(21)22)16-8-7-12(2)13(3)11-16/h7-11,14-15H,6,20H2,1-5H3. The highest BCUT2D eigenvalue weighted by molar-refractivity contribution is 5.62. The molecule has 118 valence electrons. The van der Waals surface area contributed by atoms with Crippen molar-refractivity contribution in [1.29, 1.82) is 0 Å². The number of nitrogens with zero attached hydrogens (tertiary/aromatic N) is 1. The third-order valence-electron chi connectivity index (χ3n) is 4.47. The largest absolute Gasteiger partial charge is 0.324 e. The average molecular weight is 298 g/mol. The molecule has 0 fully saturated rings. The van der Waals surface area contributed by atoms with Crippen molar-refractivity contribution in [1.82, 2.24) is 4.57 Å².